The Labute approximate surface area is 143 Å². The maximum Gasteiger partial charge on any atom is 0.318 e. The van der Waals surface area contributed by atoms with Crippen LogP contribution in [-0.2, 0) is 11.3 Å². The Balaban J connectivity index is 1.52. The summed E-state index contributed by atoms with van der Waals surface area (Å²) < 4.78 is 0. The number of urea groups is 1. The molecule has 24 heavy (non-hydrogen) atoms. The number of carbonyl (C=O) groups excluding carboxylic acids is 2. The Kier molecular flexibility index (Phi) is 5.04. The Morgan fingerprint density at radius 1 is 1.21 bits per heavy atom. The van der Waals surface area contributed by atoms with Gasteiger partial charge in [0.15, 0.2) is 0 Å². The number of hydrogen-bond donors (Lipinski definition) is 1. The monoisotopic (exact) mass is 330 g/mol. The first-order chi connectivity index (χ1) is 11.5. The molecule has 0 spiro atoms. The highest BCUT2D eigenvalue weighted by atomic mass is 16.2. The van der Waals surface area contributed by atoms with E-state index in [9.17, 15) is 9.59 Å². The number of carbonyl (C=O) groups is 2. The van der Waals surface area contributed by atoms with Gasteiger partial charge in [-0.25, -0.2) is 4.79 Å². The van der Waals surface area contributed by atoms with Crippen molar-refractivity contribution in [3.05, 3.63) is 35.9 Å². The van der Waals surface area contributed by atoms with E-state index in [2.05, 4.69) is 41.4 Å². The van der Waals surface area contributed by atoms with Crippen LogP contribution in [-0.4, -0.2) is 72.5 Å². The molecule has 6 nitrogen and oxygen atoms in total. The molecular formula is C18H26N4O2. The highest BCUT2D eigenvalue weighted by Gasteiger charge is 2.33. The second-order valence-corrected chi connectivity index (χ2v) is 6.95. The van der Waals surface area contributed by atoms with Gasteiger partial charge in [0, 0.05) is 45.8 Å². The van der Waals surface area contributed by atoms with E-state index in [1.807, 2.05) is 6.07 Å². The topological polar surface area (TPSA) is 55.9 Å². The van der Waals surface area contributed by atoms with Crippen molar-refractivity contribution in [1.29, 1.82) is 0 Å². The maximum absolute atomic E-state index is 12.4. The Morgan fingerprint density at radius 3 is 2.67 bits per heavy atom. The lowest BCUT2D eigenvalue weighted by molar-refractivity contribution is -0.133. The molecule has 0 bridgehead atoms. The minimum absolute atomic E-state index is 0.00146. The minimum atomic E-state index is -0.116. The zero-order chi connectivity index (χ0) is 17.1. The van der Waals surface area contributed by atoms with Gasteiger partial charge in [-0.05, 0) is 11.5 Å². The number of piperazine rings is 1. The number of likely N-dealkylation sites (N-methyl/N-ethyl adjacent to an activating group) is 1. The van der Waals surface area contributed by atoms with Crippen molar-refractivity contribution in [3.63, 3.8) is 0 Å². The third-order valence-electron chi connectivity index (χ3n) is 4.99. The molecular weight excluding hydrogens is 304 g/mol. The molecule has 1 N–H and O–H groups in total. The van der Waals surface area contributed by atoms with Gasteiger partial charge in [0.05, 0.1) is 0 Å². The third-order valence-corrected chi connectivity index (χ3v) is 4.99. The number of nitrogens with one attached hydrogen (secondary N) is 1. The van der Waals surface area contributed by atoms with E-state index < -0.39 is 0 Å². The summed E-state index contributed by atoms with van der Waals surface area (Å²) in [5, 5.41) is 3.12. The van der Waals surface area contributed by atoms with E-state index in [0.717, 1.165) is 19.6 Å². The zero-order valence-corrected chi connectivity index (χ0v) is 14.4. The highest BCUT2D eigenvalue weighted by Crippen LogP contribution is 2.19. The Hall–Kier alpha value is -2.08. The van der Waals surface area contributed by atoms with E-state index in [4.69, 9.17) is 0 Å². The number of likely N-dealkylation sites (tertiary alicyclic amines) is 1. The fourth-order valence-corrected chi connectivity index (χ4v) is 3.41. The second-order valence-electron chi connectivity index (χ2n) is 6.95. The van der Waals surface area contributed by atoms with Gasteiger partial charge < -0.3 is 15.1 Å². The molecule has 0 saturated carbocycles. The molecule has 2 saturated heterocycles. The fraction of sp³-hybridized carbons (Fsp3) is 0.556. The van der Waals surface area contributed by atoms with Crippen molar-refractivity contribution in [3.8, 4) is 0 Å². The second kappa shape index (κ2) is 7.21. The summed E-state index contributed by atoms with van der Waals surface area (Å²) >= 11 is 0. The lowest BCUT2D eigenvalue weighted by atomic mass is 10.1. The molecule has 1 aromatic rings. The normalized spacial score (nSPS) is 25.2. The smallest absolute Gasteiger partial charge is 0.318 e. The average molecular weight is 330 g/mol. The lowest BCUT2D eigenvalue weighted by Gasteiger charge is -2.33. The van der Waals surface area contributed by atoms with Crippen molar-refractivity contribution in [2.75, 3.05) is 39.8 Å². The van der Waals surface area contributed by atoms with Crippen LogP contribution in [0.1, 0.15) is 12.5 Å². The first kappa shape index (κ1) is 16.8. The van der Waals surface area contributed by atoms with Crippen LogP contribution < -0.4 is 5.32 Å². The molecule has 0 aromatic heterocycles. The molecule has 2 aliphatic heterocycles. The Bertz CT molecular complexity index is 592. The van der Waals surface area contributed by atoms with Gasteiger partial charge in [-0.3, -0.25) is 9.69 Å². The van der Waals surface area contributed by atoms with Crippen LogP contribution >= 0.6 is 0 Å². The maximum atomic E-state index is 12.4. The zero-order valence-electron chi connectivity index (χ0n) is 14.4. The summed E-state index contributed by atoms with van der Waals surface area (Å²) in [5.41, 5.74) is 1.29. The molecule has 1 aromatic carbocycles. The lowest BCUT2D eigenvalue weighted by Crippen LogP contribution is -2.55. The minimum Gasteiger partial charge on any atom is -0.342 e. The van der Waals surface area contributed by atoms with Gasteiger partial charge in [0.1, 0.15) is 6.54 Å². The van der Waals surface area contributed by atoms with E-state index in [1.54, 1.807) is 16.8 Å². The van der Waals surface area contributed by atoms with Crippen molar-refractivity contribution in [1.82, 2.24) is 20.0 Å². The number of nitrogens with zero attached hydrogens (tertiary/aromatic N) is 3. The fourth-order valence-electron chi connectivity index (χ4n) is 3.41. The Morgan fingerprint density at radius 2 is 1.96 bits per heavy atom. The molecule has 6 heteroatoms. The standard InChI is InChI=1S/C18H26N4O2/c1-14-10-21(11-15-6-4-3-5-7-15)12-16(14)19-18(24)22-9-8-20(2)17(23)13-22/h3-7,14,16H,8-13H2,1-2H3,(H,19,24)/t14-,16+/m1/s1. The van der Waals surface area contributed by atoms with E-state index in [-0.39, 0.29) is 24.5 Å². The third kappa shape index (κ3) is 3.87. The summed E-state index contributed by atoms with van der Waals surface area (Å²) in [4.78, 5) is 29.9. The number of hydrogen-bond acceptors (Lipinski definition) is 3. The molecule has 2 atom stereocenters. The summed E-state index contributed by atoms with van der Waals surface area (Å²) in [7, 11) is 1.78. The summed E-state index contributed by atoms with van der Waals surface area (Å²) in [6.45, 7) is 6.29. The molecule has 0 unspecified atom stereocenters. The number of rotatable bonds is 3. The van der Waals surface area contributed by atoms with Gasteiger partial charge in [-0.15, -0.1) is 0 Å². The molecule has 3 rings (SSSR count). The van der Waals surface area contributed by atoms with E-state index in [1.165, 1.54) is 5.56 Å². The number of benzene rings is 1. The largest absolute Gasteiger partial charge is 0.342 e. The van der Waals surface area contributed by atoms with Gasteiger partial charge in [0.25, 0.3) is 0 Å². The highest BCUT2D eigenvalue weighted by molar-refractivity contribution is 5.85. The van der Waals surface area contributed by atoms with Crippen molar-refractivity contribution < 1.29 is 9.59 Å². The molecule has 2 aliphatic rings. The van der Waals surface area contributed by atoms with Crippen LogP contribution in [0.25, 0.3) is 0 Å². The van der Waals surface area contributed by atoms with Crippen molar-refractivity contribution in [2.24, 2.45) is 5.92 Å². The molecule has 130 valence electrons. The quantitative estimate of drug-likeness (QED) is 0.899. The predicted octanol–water partition coefficient (Wildman–Crippen LogP) is 0.991. The van der Waals surface area contributed by atoms with Crippen molar-refractivity contribution in [2.45, 2.75) is 19.5 Å². The van der Waals surface area contributed by atoms with E-state index in [0.29, 0.717) is 19.0 Å². The van der Waals surface area contributed by atoms with Gasteiger partial charge >= 0.3 is 6.03 Å². The average Bonchev–Trinajstić information content (AvgIpc) is 2.90. The SMILES string of the molecule is C[C@@H]1CN(Cc2ccccc2)C[C@@H]1NC(=O)N1CCN(C)C(=O)C1. The van der Waals surface area contributed by atoms with Crippen molar-refractivity contribution >= 4 is 11.9 Å². The van der Waals surface area contributed by atoms with Crippen LogP contribution in [0.5, 0.6) is 0 Å². The van der Waals surface area contributed by atoms with E-state index >= 15 is 0 Å². The predicted molar refractivity (Wildman–Crippen MR) is 92.4 cm³/mol. The molecule has 0 aliphatic carbocycles. The van der Waals surface area contributed by atoms with Crippen LogP contribution in [0, 0.1) is 5.92 Å². The van der Waals surface area contributed by atoms with Crippen LogP contribution in [0.15, 0.2) is 30.3 Å². The molecule has 3 amide bonds. The molecule has 0 radical (unpaired) electrons. The summed E-state index contributed by atoms with van der Waals surface area (Å²) in [6.07, 6.45) is 0. The van der Waals surface area contributed by atoms with Crippen LogP contribution in [0.3, 0.4) is 0 Å². The molecule has 2 fully saturated rings. The van der Waals surface area contributed by atoms with Gasteiger partial charge in [-0.1, -0.05) is 37.3 Å². The summed E-state index contributed by atoms with van der Waals surface area (Å²) in [5.74, 6) is 0.405. The molecule has 2 heterocycles. The summed E-state index contributed by atoms with van der Waals surface area (Å²) in [6, 6.07) is 10.4. The first-order valence-corrected chi connectivity index (χ1v) is 8.58. The van der Waals surface area contributed by atoms with Crippen LogP contribution in [0.2, 0.25) is 0 Å². The van der Waals surface area contributed by atoms with Crippen LogP contribution in [0.4, 0.5) is 4.79 Å². The van der Waals surface area contributed by atoms with Gasteiger partial charge in [-0.2, -0.15) is 0 Å². The first-order valence-electron chi connectivity index (χ1n) is 8.58. The van der Waals surface area contributed by atoms with Gasteiger partial charge in [0.2, 0.25) is 5.91 Å². The number of amides is 3.